The first-order valence-corrected chi connectivity index (χ1v) is 9.40. The first-order valence-electron chi connectivity index (χ1n) is 8.21. The van der Waals surface area contributed by atoms with Gasteiger partial charge in [-0.3, -0.25) is 4.79 Å². The Morgan fingerprint density at radius 2 is 1.96 bits per heavy atom. The molecule has 2 aromatic carbocycles. The van der Waals surface area contributed by atoms with Crippen molar-refractivity contribution in [3.05, 3.63) is 57.9 Å². The molecule has 3 aromatic rings. The average molecular weight is 405 g/mol. The number of nitrogens with zero attached hydrogens (tertiary/aromatic N) is 2. The molecule has 27 heavy (non-hydrogen) atoms. The Balaban J connectivity index is 2.18. The molecule has 0 bridgehead atoms. The molecule has 1 amide bonds. The van der Waals surface area contributed by atoms with Gasteiger partial charge >= 0.3 is 5.97 Å². The lowest BCUT2D eigenvalue weighted by atomic mass is 10.2. The van der Waals surface area contributed by atoms with Crippen LogP contribution < -0.4 is 9.54 Å². The van der Waals surface area contributed by atoms with E-state index < -0.39 is 17.9 Å². The molecule has 1 N–H and O–H groups in total. The monoisotopic (exact) mass is 404 g/mol. The molecule has 0 saturated heterocycles. The Labute approximate surface area is 164 Å². The van der Waals surface area contributed by atoms with Crippen LogP contribution in [0.2, 0.25) is 5.02 Å². The first-order chi connectivity index (χ1) is 12.9. The van der Waals surface area contributed by atoms with Crippen molar-refractivity contribution in [3.8, 4) is 5.75 Å². The summed E-state index contributed by atoms with van der Waals surface area (Å²) in [6.07, 6.45) is 0.345. The second-order valence-corrected chi connectivity index (χ2v) is 7.22. The van der Waals surface area contributed by atoms with Crippen LogP contribution in [0.25, 0.3) is 10.2 Å². The standard InChI is InChI=1S/C19H17ClN2O4S/c1-3-14(18(24)25)22-15-10-12(20)6-9-16(15)27-19(22)21-17(23)11-4-7-13(26-2)8-5-11/h4-10,14H,3H2,1-2H3,(H,24,25). The minimum atomic E-state index is -0.990. The van der Waals surface area contributed by atoms with Crippen molar-refractivity contribution in [3.63, 3.8) is 0 Å². The molecule has 1 aromatic heterocycles. The third-order valence-corrected chi connectivity index (χ3v) is 5.38. The van der Waals surface area contributed by atoms with Crippen LogP contribution in [-0.4, -0.2) is 28.7 Å². The summed E-state index contributed by atoms with van der Waals surface area (Å²) in [6, 6.07) is 10.9. The van der Waals surface area contributed by atoms with Gasteiger partial charge in [0.05, 0.1) is 17.3 Å². The second-order valence-electron chi connectivity index (χ2n) is 5.77. The molecule has 0 aliphatic heterocycles. The number of fused-ring (bicyclic) bond motifs is 1. The number of carbonyl (C=O) groups is 2. The van der Waals surface area contributed by atoms with E-state index in [1.807, 2.05) is 0 Å². The van der Waals surface area contributed by atoms with Crippen molar-refractivity contribution >= 4 is 45.0 Å². The highest BCUT2D eigenvalue weighted by atomic mass is 35.5. The molecule has 1 unspecified atom stereocenters. The molecule has 0 spiro atoms. The van der Waals surface area contributed by atoms with Crippen molar-refractivity contribution in [2.24, 2.45) is 4.99 Å². The number of thiazole rings is 1. The Hall–Kier alpha value is -2.64. The Morgan fingerprint density at radius 3 is 2.56 bits per heavy atom. The Morgan fingerprint density at radius 1 is 1.26 bits per heavy atom. The lowest BCUT2D eigenvalue weighted by Crippen LogP contribution is -2.27. The fourth-order valence-corrected chi connectivity index (χ4v) is 3.96. The average Bonchev–Trinajstić information content (AvgIpc) is 2.99. The molecule has 6 nitrogen and oxygen atoms in total. The highest BCUT2D eigenvalue weighted by Gasteiger charge is 2.22. The minimum Gasteiger partial charge on any atom is -0.497 e. The Bertz CT molecular complexity index is 1070. The molecule has 3 rings (SSSR count). The topological polar surface area (TPSA) is 80.9 Å². The predicted octanol–water partition coefficient (Wildman–Crippen LogP) is 4.14. The molecule has 0 saturated carbocycles. The molecule has 0 aliphatic carbocycles. The van der Waals surface area contributed by atoms with Gasteiger partial charge in [0.2, 0.25) is 0 Å². The maximum absolute atomic E-state index is 12.6. The zero-order valence-electron chi connectivity index (χ0n) is 14.7. The van der Waals surface area contributed by atoms with E-state index in [2.05, 4.69) is 4.99 Å². The molecule has 0 radical (unpaired) electrons. The maximum Gasteiger partial charge on any atom is 0.326 e. The van der Waals surface area contributed by atoms with Gasteiger partial charge in [-0.2, -0.15) is 4.99 Å². The van der Waals surface area contributed by atoms with Gasteiger partial charge in [-0.15, -0.1) is 0 Å². The third kappa shape index (κ3) is 3.89. The van der Waals surface area contributed by atoms with Gasteiger partial charge in [0, 0.05) is 10.6 Å². The molecular weight excluding hydrogens is 388 g/mol. The minimum absolute atomic E-state index is 0.322. The van der Waals surface area contributed by atoms with Gasteiger partial charge < -0.3 is 14.4 Å². The van der Waals surface area contributed by atoms with Crippen LogP contribution in [-0.2, 0) is 4.79 Å². The van der Waals surface area contributed by atoms with Crippen LogP contribution in [0.1, 0.15) is 29.7 Å². The number of carboxylic acid groups (broad SMARTS) is 1. The Kier molecular flexibility index (Phi) is 5.62. The molecule has 8 heteroatoms. The van der Waals surface area contributed by atoms with E-state index in [0.717, 1.165) is 4.70 Å². The number of hydrogen-bond acceptors (Lipinski definition) is 4. The largest absolute Gasteiger partial charge is 0.497 e. The van der Waals surface area contributed by atoms with E-state index >= 15 is 0 Å². The zero-order chi connectivity index (χ0) is 19.6. The summed E-state index contributed by atoms with van der Waals surface area (Å²) in [6.45, 7) is 1.77. The fourth-order valence-electron chi connectivity index (χ4n) is 2.75. The highest BCUT2D eigenvalue weighted by molar-refractivity contribution is 7.16. The van der Waals surface area contributed by atoms with E-state index in [4.69, 9.17) is 16.3 Å². The van der Waals surface area contributed by atoms with Crippen LogP contribution in [0.3, 0.4) is 0 Å². The van der Waals surface area contributed by atoms with Crippen LogP contribution >= 0.6 is 22.9 Å². The van der Waals surface area contributed by atoms with Gasteiger partial charge in [-0.1, -0.05) is 29.9 Å². The quantitative estimate of drug-likeness (QED) is 0.692. The lowest BCUT2D eigenvalue weighted by Gasteiger charge is -2.13. The number of ether oxygens (including phenoxy) is 1. The summed E-state index contributed by atoms with van der Waals surface area (Å²) >= 11 is 7.35. The maximum atomic E-state index is 12.6. The highest BCUT2D eigenvalue weighted by Crippen LogP contribution is 2.26. The number of carbonyl (C=O) groups excluding carboxylic acids is 1. The normalized spacial score (nSPS) is 12.9. The van der Waals surface area contributed by atoms with Crippen molar-refractivity contribution < 1.29 is 19.4 Å². The van der Waals surface area contributed by atoms with Crippen molar-refractivity contribution in [2.45, 2.75) is 19.4 Å². The fraction of sp³-hybridized carbons (Fsp3) is 0.211. The van der Waals surface area contributed by atoms with Crippen LogP contribution in [0.4, 0.5) is 0 Å². The van der Waals surface area contributed by atoms with Crippen LogP contribution in [0.5, 0.6) is 5.75 Å². The van der Waals surface area contributed by atoms with E-state index in [1.54, 1.807) is 61.1 Å². The molecular formula is C19H17ClN2O4S. The summed E-state index contributed by atoms with van der Waals surface area (Å²) in [5.74, 6) is -0.810. The van der Waals surface area contributed by atoms with Gasteiger partial charge in [-0.05, 0) is 48.9 Å². The van der Waals surface area contributed by atoms with Gasteiger partial charge in [0.1, 0.15) is 11.8 Å². The summed E-state index contributed by atoms with van der Waals surface area (Å²) in [5, 5.41) is 10.1. The summed E-state index contributed by atoms with van der Waals surface area (Å²) in [5.41, 5.74) is 1.03. The van der Waals surface area contributed by atoms with E-state index in [0.29, 0.717) is 33.1 Å². The number of aromatic nitrogens is 1. The van der Waals surface area contributed by atoms with Gasteiger partial charge in [-0.25, -0.2) is 4.79 Å². The van der Waals surface area contributed by atoms with Crippen molar-refractivity contribution in [2.75, 3.05) is 7.11 Å². The third-order valence-electron chi connectivity index (χ3n) is 4.11. The lowest BCUT2D eigenvalue weighted by molar-refractivity contribution is -0.140. The molecule has 0 aliphatic rings. The number of methoxy groups -OCH3 is 1. The molecule has 1 heterocycles. The first kappa shape index (κ1) is 19.1. The van der Waals surface area contributed by atoms with Crippen molar-refractivity contribution in [1.29, 1.82) is 0 Å². The SMILES string of the molecule is CCC(C(=O)O)n1c(=NC(=O)c2ccc(OC)cc2)sc2ccc(Cl)cc21. The van der Waals surface area contributed by atoms with Crippen LogP contribution in [0.15, 0.2) is 47.5 Å². The second kappa shape index (κ2) is 7.94. The van der Waals surface area contributed by atoms with E-state index in [9.17, 15) is 14.7 Å². The summed E-state index contributed by atoms with van der Waals surface area (Å²) in [4.78, 5) is 28.9. The number of benzene rings is 2. The smallest absolute Gasteiger partial charge is 0.326 e. The molecule has 1 atom stereocenters. The van der Waals surface area contributed by atoms with Gasteiger partial charge in [0.25, 0.3) is 5.91 Å². The number of amides is 1. The molecule has 0 fully saturated rings. The number of halogens is 1. The number of rotatable bonds is 5. The van der Waals surface area contributed by atoms with Crippen molar-refractivity contribution in [1.82, 2.24) is 4.57 Å². The number of aliphatic carboxylic acids is 1. The predicted molar refractivity (Wildman–Crippen MR) is 105 cm³/mol. The summed E-state index contributed by atoms with van der Waals surface area (Å²) < 4.78 is 7.46. The molecule has 140 valence electrons. The summed E-state index contributed by atoms with van der Waals surface area (Å²) in [7, 11) is 1.54. The van der Waals surface area contributed by atoms with E-state index in [-0.39, 0.29) is 0 Å². The van der Waals surface area contributed by atoms with Gasteiger partial charge in [0.15, 0.2) is 4.80 Å². The zero-order valence-corrected chi connectivity index (χ0v) is 16.3. The number of hydrogen-bond donors (Lipinski definition) is 1. The number of carboxylic acids is 1. The van der Waals surface area contributed by atoms with E-state index in [1.165, 1.54) is 11.3 Å². The van der Waals surface area contributed by atoms with Crippen LogP contribution in [0, 0.1) is 0 Å².